The second-order valence-corrected chi connectivity index (χ2v) is 8.94. The third-order valence-corrected chi connectivity index (χ3v) is 6.61. The quantitative estimate of drug-likeness (QED) is 0.502. The maximum Gasteiger partial charge on any atom is 0.283 e. The van der Waals surface area contributed by atoms with E-state index in [-0.39, 0.29) is 16.6 Å². The maximum absolute atomic E-state index is 14.2. The van der Waals surface area contributed by atoms with E-state index in [9.17, 15) is 9.18 Å². The van der Waals surface area contributed by atoms with Crippen molar-refractivity contribution in [3.05, 3.63) is 93.5 Å². The highest BCUT2D eigenvalue weighted by molar-refractivity contribution is 8.27. The molecular weight excluding hydrogens is 461 g/mol. The molecule has 0 fully saturated rings. The Morgan fingerprint density at radius 1 is 1.12 bits per heavy atom. The Morgan fingerprint density at radius 2 is 1.85 bits per heavy atom. The largest absolute Gasteiger partial charge is 0.318 e. The number of nitrogens with one attached hydrogen (secondary N) is 1. The van der Waals surface area contributed by atoms with Crippen LogP contribution in [0.15, 0.2) is 70.3 Å². The summed E-state index contributed by atoms with van der Waals surface area (Å²) in [6.07, 6.45) is 1.65. The van der Waals surface area contributed by atoms with Gasteiger partial charge in [-0.15, -0.1) is 0 Å². The van der Waals surface area contributed by atoms with E-state index in [0.29, 0.717) is 15.6 Å². The van der Waals surface area contributed by atoms with Crippen LogP contribution >= 0.6 is 23.4 Å². The minimum atomic E-state index is -0.528. The van der Waals surface area contributed by atoms with Crippen molar-refractivity contribution in [3.8, 4) is 5.69 Å². The van der Waals surface area contributed by atoms with Crippen molar-refractivity contribution < 1.29 is 9.18 Å². The summed E-state index contributed by atoms with van der Waals surface area (Å²) >= 11 is 7.09. The van der Waals surface area contributed by atoms with Gasteiger partial charge in [-0.3, -0.25) is 10.2 Å². The van der Waals surface area contributed by atoms with Crippen LogP contribution < -0.4 is 0 Å². The molecule has 1 N–H and O–H groups in total. The minimum absolute atomic E-state index is 0.0971. The average Bonchev–Trinajstić information content (AvgIpc) is 3.33. The molecule has 0 unspecified atom stereocenters. The normalized spacial score (nSPS) is 16.8. The van der Waals surface area contributed by atoms with Crippen molar-refractivity contribution in [1.82, 2.24) is 9.58 Å². The number of halogens is 2. The van der Waals surface area contributed by atoms with Crippen molar-refractivity contribution >= 4 is 51.4 Å². The molecule has 0 radical (unpaired) electrons. The van der Waals surface area contributed by atoms with Crippen LogP contribution in [0.2, 0.25) is 5.02 Å². The lowest BCUT2D eigenvalue weighted by Crippen LogP contribution is -2.35. The number of fused-ring (bicyclic) bond motifs is 1. The van der Waals surface area contributed by atoms with Gasteiger partial charge in [-0.25, -0.2) is 4.39 Å². The number of aryl methyl sites for hydroxylation is 1. The highest BCUT2D eigenvalue weighted by Crippen LogP contribution is 2.32. The molecule has 0 atom stereocenters. The second kappa shape index (κ2) is 8.13. The number of nitrogens with zero attached hydrogens (tertiary/aromatic N) is 4. The first-order valence-corrected chi connectivity index (χ1v) is 11.2. The number of carbonyl (C=O) groups is 1. The molecule has 1 amide bonds. The van der Waals surface area contributed by atoms with E-state index in [4.69, 9.17) is 17.0 Å². The first-order valence-electron chi connectivity index (χ1n) is 10.0. The van der Waals surface area contributed by atoms with Crippen LogP contribution in [0.1, 0.15) is 22.5 Å². The van der Waals surface area contributed by atoms with E-state index in [1.807, 2.05) is 44.2 Å². The molecular formula is C24H17ClFN5OS. The van der Waals surface area contributed by atoms with Gasteiger partial charge in [0.05, 0.1) is 5.57 Å². The van der Waals surface area contributed by atoms with Crippen molar-refractivity contribution in [1.29, 1.82) is 5.41 Å². The molecule has 3 heterocycles. The van der Waals surface area contributed by atoms with Crippen LogP contribution in [-0.4, -0.2) is 31.5 Å². The fourth-order valence-corrected chi connectivity index (χ4v) is 4.86. The van der Waals surface area contributed by atoms with E-state index in [1.54, 1.807) is 24.3 Å². The predicted molar refractivity (Wildman–Crippen MR) is 131 cm³/mol. The van der Waals surface area contributed by atoms with Gasteiger partial charge in [0.25, 0.3) is 5.91 Å². The van der Waals surface area contributed by atoms with Crippen LogP contribution in [0.3, 0.4) is 0 Å². The third-order valence-electron chi connectivity index (χ3n) is 5.41. The lowest BCUT2D eigenvalue weighted by atomic mass is 10.1. The monoisotopic (exact) mass is 477 g/mol. The van der Waals surface area contributed by atoms with E-state index in [1.165, 1.54) is 11.1 Å². The summed E-state index contributed by atoms with van der Waals surface area (Å²) in [5.74, 6) is -1.05. The molecule has 9 heteroatoms. The molecule has 2 aromatic carbocycles. The molecule has 164 valence electrons. The molecule has 2 aliphatic heterocycles. The molecule has 0 saturated carbocycles. The number of aromatic nitrogens is 1. The Labute approximate surface area is 198 Å². The lowest BCUT2D eigenvalue weighted by Gasteiger charge is -2.20. The SMILES string of the molecule is Cc1cc(/C=C2/C(=N)N3N=C(c4ccccc4F)SC3=NC2=O)c(C)n1-c1ccc(Cl)cc1. The zero-order chi connectivity index (χ0) is 23.3. The van der Waals surface area contributed by atoms with E-state index in [0.717, 1.165) is 34.4 Å². The smallest absolute Gasteiger partial charge is 0.283 e. The van der Waals surface area contributed by atoms with Crippen LogP contribution in [0.5, 0.6) is 0 Å². The molecule has 3 aromatic rings. The molecule has 0 spiro atoms. The number of amides is 1. The number of carbonyl (C=O) groups excluding carboxylic acids is 1. The summed E-state index contributed by atoms with van der Waals surface area (Å²) in [6.45, 7) is 3.91. The first kappa shape index (κ1) is 21.4. The summed E-state index contributed by atoms with van der Waals surface area (Å²) in [5.41, 5.74) is 4.03. The number of hydrazone groups is 1. The van der Waals surface area contributed by atoms with Gasteiger partial charge in [-0.2, -0.15) is 15.1 Å². The number of rotatable bonds is 3. The van der Waals surface area contributed by atoms with Crippen LogP contribution in [0.4, 0.5) is 4.39 Å². The summed E-state index contributed by atoms with van der Waals surface area (Å²) in [6, 6.07) is 15.7. The predicted octanol–water partition coefficient (Wildman–Crippen LogP) is 5.55. The van der Waals surface area contributed by atoms with Gasteiger partial charge in [0.15, 0.2) is 5.84 Å². The Balaban J connectivity index is 1.52. The summed E-state index contributed by atoms with van der Waals surface area (Å²) in [7, 11) is 0. The zero-order valence-corrected chi connectivity index (χ0v) is 19.2. The topological polar surface area (TPSA) is 73.8 Å². The Kier molecular flexibility index (Phi) is 5.26. The molecule has 1 aromatic heterocycles. The molecule has 5 rings (SSSR count). The Hall–Kier alpha value is -3.49. The van der Waals surface area contributed by atoms with E-state index >= 15 is 0 Å². The molecule has 33 heavy (non-hydrogen) atoms. The number of aliphatic imine (C=N–C) groups is 1. The van der Waals surface area contributed by atoms with Crippen molar-refractivity contribution in [3.63, 3.8) is 0 Å². The van der Waals surface area contributed by atoms with Gasteiger partial charge < -0.3 is 4.57 Å². The highest BCUT2D eigenvalue weighted by Gasteiger charge is 2.36. The molecule has 0 aliphatic carbocycles. The highest BCUT2D eigenvalue weighted by atomic mass is 35.5. The van der Waals surface area contributed by atoms with Crippen molar-refractivity contribution in [2.45, 2.75) is 13.8 Å². The fraction of sp³-hybridized carbons (Fsp3) is 0.0833. The second-order valence-electron chi connectivity index (χ2n) is 7.54. The Bertz CT molecular complexity index is 1420. The van der Waals surface area contributed by atoms with Crippen molar-refractivity contribution in [2.75, 3.05) is 0 Å². The third kappa shape index (κ3) is 3.71. The van der Waals surface area contributed by atoms with Gasteiger partial charge in [0.2, 0.25) is 5.17 Å². The van der Waals surface area contributed by atoms with Gasteiger partial charge >= 0.3 is 0 Å². The van der Waals surface area contributed by atoms with E-state index < -0.39 is 11.7 Å². The zero-order valence-electron chi connectivity index (χ0n) is 17.6. The van der Waals surface area contributed by atoms with Gasteiger partial charge in [-0.1, -0.05) is 23.7 Å². The van der Waals surface area contributed by atoms with Gasteiger partial charge in [-0.05, 0) is 79.7 Å². The van der Waals surface area contributed by atoms with Crippen LogP contribution in [-0.2, 0) is 4.79 Å². The first-order chi connectivity index (χ1) is 15.8. The molecule has 6 nitrogen and oxygen atoms in total. The summed E-state index contributed by atoms with van der Waals surface area (Å²) in [4.78, 5) is 16.9. The van der Waals surface area contributed by atoms with Crippen LogP contribution in [0.25, 0.3) is 11.8 Å². The summed E-state index contributed by atoms with van der Waals surface area (Å²) < 4.78 is 16.3. The minimum Gasteiger partial charge on any atom is -0.318 e. The van der Waals surface area contributed by atoms with E-state index in [2.05, 4.69) is 14.7 Å². The van der Waals surface area contributed by atoms with Gasteiger partial charge in [0.1, 0.15) is 10.9 Å². The summed E-state index contributed by atoms with van der Waals surface area (Å²) in [5, 5.41) is 15.5. The standard InChI is InChI=1S/C24H17ClFN5OS/c1-13-11-15(14(2)30(13)17-9-7-16(25)8-10-17)12-19-21(27)31-24(28-22(19)32)33-23(29-31)18-5-3-4-6-20(18)26/h3-12,27H,1-2H3/b19-12-,27-21?. The van der Waals surface area contributed by atoms with Crippen LogP contribution in [0, 0.1) is 25.1 Å². The maximum atomic E-state index is 14.2. The number of amidine groups is 2. The molecule has 2 aliphatic rings. The molecule has 0 saturated heterocycles. The van der Waals surface area contributed by atoms with Crippen molar-refractivity contribution in [2.24, 2.45) is 10.1 Å². The lowest BCUT2D eigenvalue weighted by molar-refractivity contribution is -0.114. The number of hydrogen-bond donors (Lipinski definition) is 1. The number of benzene rings is 2. The Morgan fingerprint density at radius 3 is 2.58 bits per heavy atom. The molecule has 0 bridgehead atoms. The number of hydrogen-bond acceptors (Lipinski definition) is 4. The fourth-order valence-electron chi connectivity index (χ4n) is 3.81. The average molecular weight is 478 g/mol. The number of thioether (sulfide) groups is 1. The van der Waals surface area contributed by atoms with Gasteiger partial charge in [0, 0.05) is 27.7 Å².